The molecule has 1 aliphatic rings. The van der Waals surface area contributed by atoms with E-state index >= 15 is 0 Å². The van der Waals surface area contributed by atoms with Crippen molar-refractivity contribution in [1.82, 2.24) is 19.6 Å². The van der Waals surface area contributed by atoms with Crippen molar-refractivity contribution in [2.45, 2.75) is 341 Å². The van der Waals surface area contributed by atoms with E-state index in [4.69, 9.17) is 4.74 Å². The maximum absolute atomic E-state index is 13.1. The number of aliphatic hydroxyl groups excluding tert-OH is 4. The quantitative estimate of drug-likeness (QED) is 0.0201. The average Bonchev–Trinajstić information content (AvgIpc) is 2.68. The van der Waals surface area contributed by atoms with Crippen molar-refractivity contribution in [2.75, 3.05) is 90.1 Å². The van der Waals surface area contributed by atoms with E-state index in [0.717, 1.165) is 179 Å². The second-order valence-electron chi connectivity index (χ2n) is 27.1. The van der Waals surface area contributed by atoms with Crippen molar-refractivity contribution in [3.63, 3.8) is 0 Å². The minimum Gasteiger partial charge on any atom is -0.464 e. The summed E-state index contributed by atoms with van der Waals surface area (Å²) in [5.74, 6) is 2.00. The van der Waals surface area contributed by atoms with E-state index in [1.54, 1.807) is 0 Å². The zero-order valence-electron chi connectivity index (χ0n) is 60.8. The lowest BCUT2D eigenvalue weighted by Gasteiger charge is -2.34. The van der Waals surface area contributed by atoms with Crippen LogP contribution in [0.4, 0.5) is 0 Å². The molecule has 538 valence electrons. The molecule has 0 aliphatic carbocycles. The summed E-state index contributed by atoms with van der Waals surface area (Å²) in [5, 5.41) is 44.8. The number of unbranched alkanes of at least 4 members (excludes halogenated alkanes) is 26. The van der Waals surface area contributed by atoms with Crippen LogP contribution in [0.2, 0.25) is 0 Å². The smallest absolute Gasteiger partial charge is 0.305 e. The fourth-order valence-electron chi connectivity index (χ4n) is 12.3. The van der Waals surface area contributed by atoms with Crippen LogP contribution >= 0.6 is 21.6 Å². The molecule has 0 spiro atoms. The normalized spacial score (nSPS) is 15.6. The van der Waals surface area contributed by atoms with Crippen molar-refractivity contribution < 1.29 is 30.0 Å². The molecule has 1 heterocycles. The van der Waals surface area contributed by atoms with E-state index in [1.165, 1.54) is 141 Å². The van der Waals surface area contributed by atoms with Crippen LogP contribution in [0, 0.1) is 0 Å². The Morgan fingerprint density at radius 3 is 1.17 bits per heavy atom. The highest BCUT2D eigenvalue weighted by Gasteiger charge is 2.23. The van der Waals surface area contributed by atoms with Gasteiger partial charge in [0.2, 0.25) is 0 Å². The van der Waals surface area contributed by atoms with E-state index < -0.39 is 12.2 Å². The first-order chi connectivity index (χ1) is 45.1. The summed E-state index contributed by atoms with van der Waals surface area (Å²) in [6.45, 7) is 20.6. The Morgan fingerprint density at radius 2 is 0.761 bits per heavy atom. The van der Waals surface area contributed by atoms with Gasteiger partial charge in [0.25, 0.3) is 0 Å². The van der Waals surface area contributed by atoms with E-state index in [9.17, 15) is 25.2 Å². The van der Waals surface area contributed by atoms with Crippen molar-refractivity contribution in [3.8, 4) is 0 Å². The first kappa shape index (κ1) is 88.3. The monoisotopic (exact) mass is 1330 g/mol. The fraction of sp³-hybridized carbons (Fsp3) is 0.838. The standard InChI is InChI=1S/C80H150N4O6S2/c1-6-10-14-18-22-26-30-32-34-36-40-42-46-50-55-76(85)71-83(72-77(86)56-51-47-43-41-37-35-33-31-27-23-19-15-11-7-2)61-54-69-91-92-70-67-82-64-62-81(63-65-82)66-68-90-80(89)60-59-75(5)84(73-78(87)57-52-48-44-38-28-24-20-16-12-8-3)74-79(88)58-53-49-45-39-29-25-21-17-13-9-4/h10-11,14-15,22-23,26-27,32-35,75-79,85-88H,6-9,12-13,16-21,24-25,28-31,36-74H2,1-5H3/b14-10-,15-11-,26-22-,27-23-,34-32-,35-33-/t75?,76-,77-,78?,79?/m0/s1. The molecule has 1 saturated heterocycles. The molecule has 12 heteroatoms. The maximum atomic E-state index is 13.1. The van der Waals surface area contributed by atoms with Gasteiger partial charge in [0.05, 0.1) is 24.4 Å². The SMILES string of the molecule is CC/C=C\C/C=C\C/C=C\CCCCCC[C@H](O)CN(CCCSSCCN1CCN(CCOC(=O)CCC(C)N(CC(O)CCCCCCCCCCCC)CC(O)CCCCCCCCCCCC)CC1)C[C@@H](O)CCCCCC/C=C\C/C=C\C/C=C\CC. The number of esters is 1. The first-order valence-corrected chi connectivity index (χ1v) is 41.5. The number of aliphatic hydroxyl groups is 4. The molecule has 1 rings (SSSR count). The van der Waals surface area contributed by atoms with Gasteiger partial charge in [-0.3, -0.25) is 24.4 Å². The van der Waals surface area contributed by atoms with E-state index in [-0.39, 0.29) is 24.2 Å². The highest BCUT2D eigenvalue weighted by atomic mass is 33.1. The van der Waals surface area contributed by atoms with Gasteiger partial charge in [-0.1, -0.05) is 289 Å². The predicted molar refractivity (Wildman–Crippen MR) is 406 cm³/mol. The molecule has 1 aliphatic heterocycles. The highest BCUT2D eigenvalue weighted by Crippen LogP contribution is 2.24. The van der Waals surface area contributed by atoms with Gasteiger partial charge >= 0.3 is 5.97 Å². The second-order valence-corrected chi connectivity index (χ2v) is 29.8. The van der Waals surface area contributed by atoms with Crippen LogP contribution in [0.25, 0.3) is 0 Å². The van der Waals surface area contributed by atoms with Gasteiger partial charge in [-0.25, -0.2) is 0 Å². The summed E-state index contributed by atoms with van der Waals surface area (Å²) in [6, 6.07) is 0.0623. The van der Waals surface area contributed by atoms with E-state index in [0.29, 0.717) is 45.6 Å². The third-order valence-corrected chi connectivity index (χ3v) is 20.8. The summed E-state index contributed by atoms with van der Waals surface area (Å²) in [6.07, 6.45) is 74.1. The third-order valence-electron chi connectivity index (χ3n) is 18.3. The number of ether oxygens (including phenoxy) is 1. The van der Waals surface area contributed by atoms with Crippen molar-refractivity contribution in [3.05, 3.63) is 72.9 Å². The fourth-order valence-corrected chi connectivity index (χ4v) is 14.4. The Balaban J connectivity index is 2.49. The number of rotatable bonds is 69. The van der Waals surface area contributed by atoms with Crippen molar-refractivity contribution in [2.24, 2.45) is 0 Å². The molecule has 0 saturated carbocycles. The van der Waals surface area contributed by atoms with Gasteiger partial charge in [-0.15, -0.1) is 0 Å². The topological polar surface area (TPSA) is 120 Å². The van der Waals surface area contributed by atoms with Crippen LogP contribution in [0.5, 0.6) is 0 Å². The Kier molecular flexibility index (Phi) is 66.4. The highest BCUT2D eigenvalue weighted by molar-refractivity contribution is 8.76. The molecule has 0 radical (unpaired) electrons. The van der Waals surface area contributed by atoms with E-state index in [1.807, 2.05) is 21.6 Å². The van der Waals surface area contributed by atoms with Crippen LogP contribution in [0.3, 0.4) is 0 Å². The number of piperazine rings is 1. The Bertz CT molecular complexity index is 1650. The third kappa shape index (κ3) is 60.7. The lowest BCUT2D eigenvalue weighted by Crippen LogP contribution is -2.47. The molecule has 3 unspecified atom stereocenters. The zero-order valence-corrected chi connectivity index (χ0v) is 62.5. The predicted octanol–water partition coefficient (Wildman–Crippen LogP) is 20.2. The molecular weight excluding hydrogens is 1180 g/mol. The molecule has 0 aromatic rings. The lowest BCUT2D eigenvalue weighted by molar-refractivity contribution is -0.144. The number of allylic oxidation sites excluding steroid dienone is 12. The van der Waals surface area contributed by atoms with Gasteiger partial charge in [-0.2, -0.15) is 0 Å². The Morgan fingerprint density at radius 1 is 0.413 bits per heavy atom. The van der Waals surface area contributed by atoms with Gasteiger partial charge in [0.1, 0.15) is 6.61 Å². The molecular formula is C80H150N4O6S2. The number of nitrogens with zero attached hydrogens (tertiary/aromatic N) is 4. The summed E-state index contributed by atoms with van der Waals surface area (Å²) < 4.78 is 5.81. The molecule has 0 bridgehead atoms. The van der Waals surface area contributed by atoms with Crippen LogP contribution in [-0.2, 0) is 9.53 Å². The van der Waals surface area contributed by atoms with Gasteiger partial charge in [0, 0.05) is 89.4 Å². The van der Waals surface area contributed by atoms with Crippen LogP contribution in [0.15, 0.2) is 72.9 Å². The van der Waals surface area contributed by atoms with E-state index in [2.05, 4.69) is 127 Å². The minimum absolute atomic E-state index is 0.0623. The van der Waals surface area contributed by atoms with Crippen LogP contribution in [0.1, 0.15) is 311 Å². The van der Waals surface area contributed by atoms with Gasteiger partial charge in [0.15, 0.2) is 0 Å². The molecule has 10 nitrogen and oxygen atoms in total. The lowest BCUT2D eigenvalue weighted by atomic mass is 10.0. The van der Waals surface area contributed by atoms with Crippen molar-refractivity contribution in [1.29, 1.82) is 0 Å². The molecule has 0 aromatic heterocycles. The summed E-state index contributed by atoms with van der Waals surface area (Å²) in [4.78, 5) is 22.7. The minimum atomic E-state index is -0.428. The second kappa shape index (κ2) is 69.2. The number of carbonyl (C=O) groups excluding carboxylic acids is 1. The summed E-state index contributed by atoms with van der Waals surface area (Å²) in [7, 11) is 3.93. The Labute approximate surface area is 578 Å². The van der Waals surface area contributed by atoms with Crippen LogP contribution < -0.4 is 0 Å². The van der Waals surface area contributed by atoms with Gasteiger partial charge in [-0.05, 0) is 116 Å². The van der Waals surface area contributed by atoms with Gasteiger partial charge < -0.3 is 25.2 Å². The summed E-state index contributed by atoms with van der Waals surface area (Å²) >= 11 is 0. The number of hydrogen-bond donors (Lipinski definition) is 4. The first-order valence-electron chi connectivity index (χ1n) is 39.0. The molecule has 4 N–H and O–H groups in total. The molecule has 1 fully saturated rings. The molecule has 0 amide bonds. The van der Waals surface area contributed by atoms with Crippen LogP contribution in [-0.4, -0.2) is 167 Å². The molecule has 0 aromatic carbocycles. The van der Waals surface area contributed by atoms with Crippen molar-refractivity contribution >= 4 is 27.6 Å². The average molecular weight is 1330 g/mol. The maximum Gasteiger partial charge on any atom is 0.305 e. The molecule has 5 atom stereocenters. The number of hydrogen-bond acceptors (Lipinski definition) is 12. The number of carbonyl (C=O) groups is 1. The molecule has 92 heavy (non-hydrogen) atoms. The Hall–Kier alpha value is -1.71. The zero-order chi connectivity index (χ0) is 66.7. The largest absolute Gasteiger partial charge is 0.464 e. The summed E-state index contributed by atoms with van der Waals surface area (Å²) in [5.41, 5.74) is 0.